The summed E-state index contributed by atoms with van der Waals surface area (Å²) in [7, 11) is 0. The van der Waals surface area contributed by atoms with Gasteiger partial charge in [-0.15, -0.1) is 0 Å². The molecule has 0 fully saturated rings. The smallest absolute Gasteiger partial charge is 0.243 e. The van der Waals surface area contributed by atoms with E-state index < -0.39 is 48.5 Å². The molecule has 2 aromatic heterocycles. The topological polar surface area (TPSA) is 182 Å². The first-order chi connectivity index (χ1) is 18.8. The van der Waals surface area contributed by atoms with E-state index in [-0.39, 0.29) is 12.8 Å². The number of hydrogen-bond acceptors (Lipinski definition) is 6. The average molecular weight is 533 g/mol. The number of aliphatic hydroxyl groups excluding tert-OH is 1. The zero-order chi connectivity index (χ0) is 27.9. The zero-order valence-corrected chi connectivity index (χ0v) is 21.4. The summed E-state index contributed by atoms with van der Waals surface area (Å²) >= 11 is 0. The molecule has 0 radical (unpaired) electrons. The summed E-state index contributed by atoms with van der Waals surface area (Å²) in [5, 5.41) is 19.0. The molecule has 11 heteroatoms. The number of aldehydes is 1. The highest BCUT2D eigenvalue weighted by Crippen LogP contribution is 2.20. The lowest BCUT2D eigenvalue weighted by Gasteiger charge is -2.23. The molecule has 0 bridgehead atoms. The number of carbonyl (C=O) groups excluding carboxylic acids is 4. The summed E-state index contributed by atoms with van der Waals surface area (Å²) in [6, 6.07) is 11.1. The lowest BCUT2D eigenvalue weighted by molar-refractivity contribution is -0.132. The van der Waals surface area contributed by atoms with Crippen LogP contribution in [0.2, 0.25) is 0 Å². The molecular formula is C28H32N6O5. The average Bonchev–Trinajstić information content (AvgIpc) is 3.55. The number of H-pyrrole nitrogens is 2. The Hall–Kier alpha value is -4.48. The lowest BCUT2D eigenvalue weighted by Crippen LogP contribution is -2.57. The van der Waals surface area contributed by atoms with Crippen molar-refractivity contribution in [3.63, 3.8) is 0 Å². The molecule has 3 amide bonds. The van der Waals surface area contributed by atoms with Crippen molar-refractivity contribution in [1.29, 1.82) is 0 Å². The SMILES string of the molecule is C[C@H](NC(=O)[C@H](Cc1c[nH]c2ccccc12)NC(=O)[C@@H](N)CO)C(=O)N[C@H](C=O)Cc1c[nH]c2ccccc12. The number of rotatable bonds is 12. The van der Waals surface area contributed by atoms with Gasteiger partial charge in [-0.3, -0.25) is 14.4 Å². The minimum absolute atomic E-state index is 0.117. The van der Waals surface area contributed by atoms with Crippen LogP contribution in [0.3, 0.4) is 0 Å². The Labute approximate surface area is 224 Å². The number of carbonyl (C=O) groups is 4. The fourth-order valence-electron chi connectivity index (χ4n) is 4.45. The van der Waals surface area contributed by atoms with Crippen LogP contribution in [-0.2, 0) is 32.0 Å². The Bertz CT molecular complexity index is 1480. The number of nitrogens with two attached hydrogens (primary N) is 1. The van der Waals surface area contributed by atoms with Crippen molar-refractivity contribution >= 4 is 45.8 Å². The third-order valence-corrected chi connectivity index (χ3v) is 6.62. The molecule has 39 heavy (non-hydrogen) atoms. The van der Waals surface area contributed by atoms with Gasteiger partial charge in [-0.05, 0) is 30.2 Å². The number of benzene rings is 2. The van der Waals surface area contributed by atoms with Gasteiger partial charge < -0.3 is 41.6 Å². The number of aromatic amines is 2. The summed E-state index contributed by atoms with van der Waals surface area (Å²) in [6.45, 7) is 0.903. The number of fused-ring (bicyclic) bond motifs is 2. The molecule has 8 N–H and O–H groups in total. The minimum atomic E-state index is -1.21. The summed E-state index contributed by atoms with van der Waals surface area (Å²) < 4.78 is 0. The summed E-state index contributed by atoms with van der Waals surface area (Å²) in [6.07, 6.45) is 4.60. The van der Waals surface area contributed by atoms with Crippen LogP contribution in [0.25, 0.3) is 21.8 Å². The molecular weight excluding hydrogens is 500 g/mol. The maximum Gasteiger partial charge on any atom is 0.243 e. The molecule has 204 valence electrons. The van der Waals surface area contributed by atoms with E-state index in [0.29, 0.717) is 6.29 Å². The molecule has 0 saturated heterocycles. The molecule has 0 saturated carbocycles. The summed E-state index contributed by atoms with van der Waals surface area (Å²) in [5.41, 5.74) is 9.09. The molecule has 4 aromatic rings. The number of hydrogen-bond donors (Lipinski definition) is 7. The fourth-order valence-corrected chi connectivity index (χ4v) is 4.45. The quantitative estimate of drug-likeness (QED) is 0.130. The van der Waals surface area contributed by atoms with Gasteiger partial charge in [0.2, 0.25) is 17.7 Å². The van der Waals surface area contributed by atoms with Crippen molar-refractivity contribution in [2.45, 2.75) is 43.9 Å². The molecule has 0 spiro atoms. The van der Waals surface area contributed by atoms with Crippen molar-refractivity contribution in [3.05, 3.63) is 72.1 Å². The predicted octanol–water partition coefficient (Wildman–Crippen LogP) is 0.427. The van der Waals surface area contributed by atoms with E-state index in [4.69, 9.17) is 5.73 Å². The molecule has 0 aliphatic heterocycles. The van der Waals surface area contributed by atoms with Crippen LogP contribution in [0, 0.1) is 0 Å². The van der Waals surface area contributed by atoms with Crippen LogP contribution in [0.1, 0.15) is 18.1 Å². The molecule has 0 unspecified atom stereocenters. The second-order valence-corrected chi connectivity index (χ2v) is 9.46. The summed E-state index contributed by atoms with van der Waals surface area (Å²) in [4.78, 5) is 56.6. The van der Waals surface area contributed by atoms with Crippen molar-refractivity contribution in [3.8, 4) is 0 Å². The molecule has 0 aliphatic carbocycles. The fraction of sp³-hybridized carbons (Fsp3) is 0.286. The van der Waals surface area contributed by atoms with Crippen LogP contribution in [0.15, 0.2) is 60.9 Å². The van der Waals surface area contributed by atoms with Crippen LogP contribution in [-0.4, -0.2) is 69.9 Å². The van der Waals surface area contributed by atoms with Gasteiger partial charge >= 0.3 is 0 Å². The van der Waals surface area contributed by atoms with E-state index in [1.54, 1.807) is 12.4 Å². The van der Waals surface area contributed by atoms with Crippen molar-refractivity contribution in [2.75, 3.05) is 6.61 Å². The normalized spacial score (nSPS) is 14.3. The standard InChI is InChI=1S/C28H32N6O5/c1-16(26(37)33-19(14-35)10-17-12-30-23-8-4-2-6-20(17)23)32-28(39)25(34-27(38)22(29)15-36)11-18-13-31-24-9-5-3-7-21(18)24/h2-9,12-14,16,19,22,25,30-31,36H,10-11,15,29H2,1H3,(H,32,39)(H,33,37)(H,34,38)/t16-,19-,22-,25-/m0/s1. The Morgan fingerprint density at radius 2 is 1.41 bits per heavy atom. The Kier molecular flexibility index (Phi) is 8.74. The number of aliphatic hydroxyl groups is 1. The van der Waals surface area contributed by atoms with Gasteiger partial charge in [-0.25, -0.2) is 0 Å². The zero-order valence-electron chi connectivity index (χ0n) is 21.4. The van der Waals surface area contributed by atoms with Gasteiger partial charge in [0.25, 0.3) is 0 Å². The molecule has 2 heterocycles. The van der Waals surface area contributed by atoms with E-state index in [0.717, 1.165) is 32.9 Å². The van der Waals surface area contributed by atoms with Gasteiger partial charge in [0.15, 0.2) is 0 Å². The largest absolute Gasteiger partial charge is 0.394 e. The Morgan fingerprint density at radius 3 is 1.97 bits per heavy atom. The monoisotopic (exact) mass is 532 g/mol. The highest BCUT2D eigenvalue weighted by Gasteiger charge is 2.28. The van der Waals surface area contributed by atoms with E-state index in [9.17, 15) is 24.3 Å². The van der Waals surface area contributed by atoms with Crippen LogP contribution < -0.4 is 21.7 Å². The van der Waals surface area contributed by atoms with Gasteiger partial charge in [0, 0.05) is 47.0 Å². The highest BCUT2D eigenvalue weighted by atomic mass is 16.3. The van der Waals surface area contributed by atoms with Gasteiger partial charge in [0.05, 0.1) is 12.6 Å². The molecule has 4 rings (SSSR count). The van der Waals surface area contributed by atoms with Gasteiger partial charge in [-0.2, -0.15) is 0 Å². The van der Waals surface area contributed by atoms with E-state index in [1.807, 2.05) is 48.5 Å². The van der Waals surface area contributed by atoms with Crippen LogP contribution in [0.4, 0.5) is 0 Å². The van der Waals surface area contributed by atoms with E-state index in [2.05, 4.69) is 25.9 Å². The van der Waals surface area contributed by atoms with E-state index >= 15 is 0 Å². The maximum absolute atomic E-state index is 13.2. The second-order valence-electron chi connectivity index (χ2n) is 9.46. The van der Waals surface area contributed by atoms with Crippen molar-refractivity contribution in [1.82, 2.24) is 25.9 Å². The number of aromatic nitrogens is 2. The third-order valence-electron chi connectivity index (χ3n) is 6.62. The first-order valence-corrected chi connectivity index (χ1v) is 12.6. The molecule has 0 aliphatic rings. The predicted molar refractivity (Wildman–Crippen MR) is 147 cm³/mol. The van der Waals surface area contributed by atoms with Crippen molar-refractivity contribution in [2.24, 2.45) is 5.73 Å². The number of nitrogens with one attached hydrogen (secondary N) is 5. The number of amides is 3. The molecule has 4 atom stereocenters. The highest BCUT2D eigenvalue weighted by molar-refractivity contribution is 5.94. The third kappa shape index (κ3) is 6.51. The Balaban J connectivity index is 1.43. The van der Waals surface area contributed by atoms with Crippen molar-refractivity contribution < 1.29 is 24.3 Å². The second kappa shape index (κ2) is 12.4. The minimum Gasteiger partial charge on any atom is -0.394 e. The lowest BCUT2D eigenvalue weighted by atomic mass is 10.0. The van der Waals surface area contributed by atoms with Gasteiger partial charge in [-0.1, -0.05) is 36.4 Å². The molecule has 11 nitrogen and oxygen atoms in total. The first-order valence-electron chi connectivity index (χ1n) is 12.6. The number of para-hydroxylation sites is 2. The van der Waals surface area contributed by atoms with Crippen LogP contribution >= 0.6 is 0 Å². The van der Waals surface area contributed by atoms with Crippen LogP contribution in [0.5, 0.6) is 0 Å². The maximum atomic E-state index is 13.2. The van der Waals surface area contributed by atoms with Gasteiger partial charge in [0.1, 0.15) is 24.4 Å². The van der Waals surface area contributed by atoms with E-state index in [1.165, 1.54) is 6.92 Å². The molecule has 2 aromatic carbocycles. The Morgan fingerprint density at radius 1 is 0.846 bits per heavy atom. The summed E-state index contributed by atoms with van der Waals surface area (Å²) in [5.74, 6) is -1.86. The first kappa shape index (κ1) is 27.6.